The fourth-order valence-corrected chi connectivity index (χ4v) is 2.58. The highest BCUT2D eigenvalue weighted by Gasteiger charge is 2.14. The highest BCUT2D eigenvalue weighted by atomic mass is 32.1. The summed E-state index contributed by atoms with van der Waals surface area (Å²) in [6, 6.07) is 0.106. The molecule has 0 aliphatic rings. The van der Waals surface area contributed by atoms with E-state index in [1.165, 1.54) is 11.4 Å². The molecule has 3 heteroatoms. The van der Waals surface area contributed by atoms with Crippen LogP contribution in [0.4, 0.5) is 0 Å². The molecule has 0 fully saturated rings. The maximum atomic E-state index is 6.14. The minimum Gasteiger partial charge on any atom is -0.323 e. The fourth-order valence-electron chi connectivity index (χ4n) is 1.72. The van der Waals surface area contributed by atoms with E-state index in [0.717, 1.165) is 18.5 Å². The molecular formula is C14H26N2S. The molecule has 1 aromatic heterocycles. The van der Waals surface area contributed by atoms with Gasteiger partial charge >= 0.3 is 0 Å². The summed E-state index contributed by atoms with van der Waals surface area (Å²) in [5.41, 5.74) is 7.59. The van der Waals surface area contributed by atoms with Crippen molar-refractivity contribution >= 4 is 11.3 Å². The summed E-state index contributed by atoms with van der Waals surface area (Å²) in [6.07, 6.45) is 3.27. The van der Waals surface area contributed by atoms with E-state index < -0.39 is 0 Å². The average molecular weight is 254 g/mol. The lowest BCUT2D eigenvalue weighted by Gasteiger charge is -2.16. The Labute approximate surface area is 110 Å². The molecule has 17 heavy (non-hydrogen) atoms. The van der Waals surface area contributed by atoms with E-state index in [1.54, 1.807) is 11.3 Å². The first-order valence-electron chi connectivity index (χ1n) is 6.48. The predicted octanol–water partition coefficient (Wildman–Crippen LogP) is 4.17. The number of thiazole rings is 1. The van der Waals surface area contributed by atoms with Crippen molar-refractivity contribution in [3.8, 4) is 0 Å². The quantitative estimate of drug-likeness (QED) is 0.856. The highest BCUT2D eigenvalue weighted by Crippen LogP contribution is 2.25. The van der Waals surface area contributed by atoms with Crippen LogP contribution in [0.5, 0.6) is 0 Å². The van der Waals surface area contributed by atoms with E-state index in [4.69, 9.17) is 5.73 Å². The minimum absolute atomic E-state index is 0.106. The van der Waals surface area contributed by atoms with Crippen molar-refractivity contribution in [2.24, 2.45) is 17.1 Å². The standard InChI is InChI=1S/C14H26N2S/c1-10(2)8-11(15)12-9-17-13(16-12)6-7-14(3,4)5/h9-11H,6-8,15H2,1-5H3. The maximum absolute atomic E-state index is 6.14. The molecule has 1 atom stereocenters. The van der Waals surface area contributed by atoms with Gasteiger partial charge in [0.2, 0.25) is 0 Å². The number of rotatable bonds is 5. The summed E-state index contributed by atoms with van der Waals surface area (Å²) in [6.45, 7) is 11.2. The Hall–Kier alpha value is -0.410. The van der Waals surface area contributed by atoms with Crippen molar-refractivity contribution < 1.29 is 0 Å². The molecule has 98 valence electrons. The number of hydrogen-bond donors (Lipinski definition) is 1. The minimum atomic E-state index is 0.106. The molecule has 2 N–H and O–H groups in total. The van der Waals surface area contributed by atoms with Crippen molar-refractivity contribution in [1.29, 1.82) is 0 Å². The summed E-state index contributed by atoms with van der Waals surface area (Å²) < 4.78 is 0. The van der Waals surface area contributed by atoms with Crippen molar-refractivity contribution in [2.75, 3.05) is 0 Å². The third kappa shape index (κ3) is 5.64. The zero-order valence-corrected chi connectivity index (χ0v) is 12.6. The monoisotopic (exact) mass is 254 g/mol. The van der Waals surface area contributed by atoms with E-state index in [2.05, 4.69) is 45.0 Å². The van der Waals surface area contributed by atoms with Gasteiger partial charge in [-0.25, -0.2) is 4.98 Å². The van der Waals surface area contributed by atoms with Crippen LogP contribution >= 0.6 is 11.3 Å². The first-order chi connectivity index (χ1) is 7.78. The van der Waals surface area contributed by atoms with Crippen molar-refractivity contribution in [2.45, 2.75) is 59.9 Å². The van der Waals surface area contributed by atoms with Gasteiger partial charge in [-0.05, 0) is 30.6 Å². The Morgan fingerprint density at radius 1 is 1.35 bits per heavy atom. The average Bonchev–Trinajstić information content (AvgIpc) is 2.60. The third-order valence-corrected chi connectivity index (χ3v) is 3.69. The van der Waals surface area contributed by atoms with Crippen molar-refractivity contribution in [1.82, 2.24) is 4.98 Å². The lowest BCUT2D eigenvalue weighted by Crippen LogP contribution is -2.13. The van der Waals surface area contributed by atoms with E-state index in [9.17, 15) is 0 Å². The summed E-state index contributed by atoms with van der Waals surface area (Å²) in [5.74, 6) is 0.629. The van der Waals surface area contributed by atoms with Crippen LogP contribution < -0.4 is 5.73 Å². The number of hydrogen-bond acceptors (Lipinski definition) is 3. The van der Waals surface area contributed by atoms with E-state index in [-0.39, 0.29) is 6.04 Å². The van der Waals surface area contributed by atoms with Crippen LogP contribution in [0.1, 0.15) is 64.2 Å². The molecule has 0 amide bonds. The molecule has 0 saturated carbocycles. The summed E-state index contributed by atoms with van der Waals surface area (Å²) >= 11 is 1.75. The van der Waals surface area contributed by atoms with Crippen molar-refractivity contribution in [3.05, 3.63) is 16.1 Å². The van der Waals surface area contributed by atoms with Gasteiger partial charge < -0.3 is 5.73 Å². The van der Waals surface area contributed by atoms with Crippen LogP contribution in [0.25, 0.3) is 0 Å². The molecule has 0 aromatic carbocycles. The smallest absolute Gasteiger partial charge is 0.0929 e. The Morgan fingerprint density at radius 3 is 2.53 bits per heavy atom. The predicted molar refractivity (Wildman–Crippen MR) is 76.3 cm³/mol. The second-order valence-corrected chi connectivity index (χ2v) is 7.41. The first-order valence-corrected chi connectivity index (χ1v) is 7.36. The van der Waals surface area contributed by atoms with Gasteiger partial charge in [-0.2, -0.15) is 0 Å². The second kappa shape index (κ2) is 5.96. The molecular weight excluding hydrogens is 228 g/mol. The Kier molecular flexibility index (Phi) is 5.14. The van der Waals surface area contributed by atoms with E-state index in [0.29, 0.717) is 11.3 Å². The first kappa shape index (κ1) is 14.7. The van der Waals surface area contributed by atoms with Gasteiger partial charge in [-0.1, -0.05) is 34.6 Å². The third-order valence-electron chi connectivity index (χ3n) is 2.76. The molecule has 2 nitrogen and oxygen atoms in total. The lowest BCUT2D eigenvalue weighted by atomic mass is 9.91. The highest BCUT2D eigenvalue weighted by molar-refractivity contribution is 7.09. The largest absolute Gasteiger partial charge is 0.323 e. The SMILES string of the molecule is CC(C)CC(N)c1csc(CCC(C)(C)C)n1. The molecule has 0 aliphatic carbocycles. The Bertz CT molecular complexity index is 336. The fraction of sp³-hybridized carbons (Fsp3) is 0.786. The molecule has 0 spiro atoms. The van der Waals surface area contributed by atoms with Gasteiger partial charge in [0.15, 0.2) is 0 Å². The molecule has 0 bridgehead atoms. The van der Waals surface area contributed by atoms with Crippen LogP contribution in [-0.4, -0.2) is 4.98 Å². The summed E-state index contributed by atoms with van der Waals surface area (Å²) in [4.78, 5) is 4.66. The van der Waals surface area contributed by atoms with E-state index >= 15 is 0 Å². The van der Waals surface area contributed by atoms with Gasteiger partial charge in [0, 0.05) is 11.4 Å². The number of nitrogens with zero attached hydrogens (tertiary/aromatic N) is 1. The Balaban J connectivity index is 2.53. The van der Waals surface area contributed by atoms with Crippen molar-refractivity contribution in [3.63, 3.8) is 0 Å². The second-order valence-electron chi connectivity index (χ2n) is 6.46. The zero-order valence-electron chi connectivity index (χ0n) is 11.8. The van der Waals surface area contributed by atoms with Crippen LogP contribution in [0.2, 0.25) is 0 Å². The number of aryl methyl sites for hydroxylation is 1. The summed E-state index contributed by atoms with van der Waals surface area (Å²) in [5, 5.41) is 3.36. The van der Waals surface area contributed by atoms with Gasteiger partial charge in [0.05, 0.1) is 10.7 Å². The molecule has 0 saturated heterocycles. The normalized spacial score (nSPS) is 14.3. The maximum Gasteiger partial charge on any atom is 0.0929 e. The zero-order chi connectivity index (χ0) is 13.1. The van der Waals surface area contributed by atoms with Gasteiger partial charge in [0.1, 0.15) is 0 Å². The summed E-state index contributed by atoms with van der Waals surface area (Å²) in [7, 11) is 0. The topological polar surface area (TPSA) is 38.9 Å². The molecule has 1 heterocycles. The Morgan fingerprint density at radius 2 is 2.00 bits per heavy atom. The molecule has 0 aliphatic heterocycles. The van der Waals surface area contributed by atoms with Crippen LogP contribution in [0.3, 0.4) is 0 Å². The molecule has 1 rings (SSSR count). The van der Waals surface area contributed by atoms with E-state index in [1.807, 2.05) is 0 Å². The number of aromatic nitrogens is 1. The van der Waals surface area contributed by atoms with Gasteiger partial charge in [-0.15, -0.1) is 11.3 Å². The number of nitrogens with two attached hydrogens (primary N) is 1. The molecule has 1 aromatic rings. The van der Waals surface area contributed by atoms with Crippen LogP contribution in [0, 0.1) is 11.3 Å². The molecule has 1 unspecified atom stereocenters. The van der Waals surface area contributed by atoms with Crippen LogP contribution in [0.15, 0.2) is 5.38 Å². The lowest BCUT2D eigenvalue weighted by molar-refractivity contribution is 0.377. The van der Waals surface area contributed by atoms with Crippen LogP contribution in [-0.2, 0) is 6.42 Å². The van der Waals surface area contributed by atoms with Gasteiger partial charge in [-0.3, -0.25) is 0 Å². The van der Waals surface area contributed by atoms with Gasteiger partial charge in [0.25, 0.3) is 0 Å². The molecule has 0 radical (unpaired) electrons.